The highest BCUT2D eigenvalue weighted by Gasteiger charge is 2.58. The molecule has 4 fully saturated rings. The average Bonchev–Trinajstić information content (AvgIpc) is 3.14. The first-order chi connectivity index (χ1) is 9.85. The third-order valence-corrected chi connectivity index (χ3v) is 5.01. The van der Waals surface area contributed by atoms with E-state index in [1.54, 1.807) is 0 Å². The van der Waals surface area contributed by atoms with Gasteiger partial charge in [-0.1, -0.05) is 0 Å². The summed E-state index contributed by atoms with van der Waals surface area (Å²) >= 11 is 0. The highest BCUT2D eigenvalue weighted by atomic mass is 32.3. The molecule has 3 aliphatic heterocycles. The van der Waals surface area contributed by atoms with Crippen molar-refractivity contribution in [3.05, 3.63) is 0 Å². The number of fused-ring (bicyclic) bond motifs is 4. The van der Waals surface area contributed by atoms with E-state index in [0.717, 1.165) is 12.8 Å². The maximum absolute atomic E-state index is 12.5. The average molecular weight is 317 g/mol. The third-order valence-electron chi connectivity index (χ3n) is 4.66. The van der Waals surface area contributed by atoms with E-state index in [-0.39, 0.29) is 18.4 Å². The summed E-state index contributed by atoms with van der Waals surface area (Å²) in [5.41, 5.74) is 0. The summed E-state index contributed by atoms with van der Waals surface area (Å²) in [6.07, 6.45) is 2.53. The smallest absolute Gasteiger partial charge is 0.338 e. The Morgan fingerprint density at radius 2 is 1.81 bits per heavy atom. The summed E-state index contributed by atoms with van der Waals surface area (Å²) < 4.78 is 34.8. The van der Waals surface area contributed by atoms with E-state index in [0.29, 0.717) is 24.1 Å². The summed E-state index contributed by atoms with van der Waals surface area (Å²) in [6.45, 7) is 0.855. The third kappa shape index (κ3) is 2.00. The van der Waals surface area contributed by atoms with E-state index >= 15 is 0 Å². The Balaban J connectivity index is 1.59. The van der Waals surface area contributed by atoms with Gasteiger partial charge in [0.25, 0.3) is 0 Å². The molecule has 10 heteroatoms. The quantitative estimate of drug-likeness (QED) is 0.684. The standard InChI is InChI=1S/C11H15N3O6S/c15-10-9-6(4-12(10)7-1-2-7)3-8-5-13(9)11(16)14(8)20-21(17,18)19/h6-9H,1-5H2,(H,17,18,19). The Hall–Kier alpha value is -1.39. The van der Waals surface area contributed by atoms with E-state index in [2.05, 4.69) is 4.28 Å². The second-order valence-corrected chi connectivity index (χ2v) is 7.08. The number of carbonyl (C=O) groups is 2. The zero-order valence-corrected chi connectivity index (χ0v) is 11.9. The van der Waals surface area contributed by atoms with Crippen molar-refractivity contribution in [3.8, 4) is 0 Å². The Morgan fingerprint density at radius 1 is 1.10 bits per heavy atom. The van der Waals surface area contributed by atoms with E-state index in [9.17, 15) is 18.0 Å². The molecule has 1 aliphatic carbocycles. The van der Waals surface area contributed by atoms with Gasteiger partial charge in [-0.05, 0) is 19.3 Å². The second-order valence-electron chi connectivity index (χ2n) is 6.08. The zero-order chi connectivity index (χ0) is 14.9. The van der Waals surface area contributed by atoms with Crippen molar-refractivity contribution < 1.29 is 26.8 Å². The van der Waals surface area contributed by atoms with Crippen molar-refractivity contribution >= 4 is 22.3 Å². The number of piperidine rings is 1. The molecular weight excluding hydrogens is 302 g/mol. The predicted octanol–water partition coefficient (Wildman–Crippen LogP) is -0.780. The number of urea groups is 1. The maximum Gasteiger partial charge on any atom is 0.418 e. The molecular formula is C11H15N3O6S. The molecule has 3 saturated heterocycles. The number of nitrogens with zero attached hydrogens (tertiary/aromatic N) is 3. The van der Waals surface area contributed by atoms with Crippen molar-refractivity contribution in [3.63, 3.8) is 0 Å². The molecule has 116 valence electrons. The first-order valence-electron chi connectivity index (χ1n) is 6.92. The molecule has 0 aromatic carbocycles. The summed E-state index contributed by atoms with van der Waals surface area (Å²) in [7, 11) is -4.75. The Morgan fingerprint density at radius 3 is 2.43 bits per heavy atom. The molecule has 9 nitrogen and oxygen atoms in total. The Labute approximate surface area is 121 Å². The molecule has 3 atom stereocenters. The molecule has 2 bridgehead atoms. The van der Waals surface area contributed by atoms with Gasteiger partial charge >= 0.3 is 16.4 Å². The van der Waals surface area contributed by atoms with Crippen LogP contribution in [0.5, 0.6) is 0 Å². The Bertz CT molecular complexity index is 617. The number of rotatable bonds is 3. The SMILES string of the molecule is O=C1C2C(CC3CN2C(=O)N3OS(=O)(=O)O)CN1C1CC1. The van der Waals surface area contributed by atoms with Crippen LogP contribution in [0.1, 0.15) is 19.3 Å². The Kier molecular flexibility index (Phi) is 2.58. The number of hydroxylamine groups is 2. The van der Waals surface area contributed by atoms with Gasteiger partial charge in [0.2, 0.25) is 5.91 Å². The molecule has 0 aromatic rings. The summed E-state index contributed by atoms with van der Waals surface area (Å²) in [6, 6.07) is -1.34. The first kappa shape index (κ1) is 13.3. The number of likely N-dealkylation sites (tertiary alicyclic amines) is 1. The molecule has 4 aliphatic rings. The molecule has 3 amide bonds. The van der Waals surface area contributed by atoms with Crippen LogP contribution >= 0.6 is 0 Å². The normalized spacial score (nSPS) is 35.7. The number of carbonyl (C=O) groups excluding carboxylic acids is 2. The highest BCUT2D eigenvalue weighted by molar-refractivity contribution is 7.80. The molecule has 3 heterocycles. The monoisotopic (exact) mass is 317 g/mol. The lowest BCUT2D eigenvalue weighted by Crippen LogP contribution is -2.48. The predicted molar refractivity (Wildman–Crippen MR) is 67.0 cm³/mol. The van der Waals surface area contributed by atoms with Crippen molar-refractivity contribution in [2.75, 3.05) is 13.1 Å². The lowest BCUT2D eigenvalue weighted by atomic mass is 9.91. The fourth-order valence-electron chi connectivity index (χ4n) is 3.73. The van der Waals surface area contributed by atoms with Crippen LogP contribution in [0.25, 0.3) is 0 Å². The van der Waals surface area contributed by atoms with Gasteiger partial charge in [-0.25, -0.2) is 4.79 Å². The zero-order valence-electron chi connectivity index (χ0n) is 11.1. The fraction of sp³-hybridized carbons (Fsp3) is 0.818. The number of hydrogen-bond acceptors (Lipinski definition) is 5. The molecule has 0 spiro atoms. The molecule has 0 radical (unpaired) electrons. The van der Waals surface area contributed by atoms with Crippen LogP contribution in [-0.2, 0) is 19.5 Å². The summed E-state index contributed by atoms with van der Waals surface area (Å²) in [5, 5.41) is 0.683. The van der Waals surface area contributed by atoms with E-state index in [1.165, 1.54) is 4.90 Å². The molecule has 1 N–H and O–H groups in total. The largest absolute Gasteiger partial charge is 0.418 e. The highest BCUT2D eigenvalue weighted by Crippen LogP contribution is 2.42. The van der Waals surface area contributed by atoms with Crippen molar-refractivity contribution in [1.29, 1.82) is 0 Å². The lowest BCUT2D eigenvalue weighted by molar-refractivity contribution is -0.132. The lowest BCUT2D eigenvalue weighted by Gasteiger charge is -2.30. The minimum atomic E-state index is -4.75. The van der Waals surface area contributed by atoms with Gasteiger partial charge in [-0.3, -0.25) is 9.35 Å². The van der Waals surface area contributed by atoms with E-state index < -0.39 is 28.5 Å². The van der Waals surface area contributed by atoms with Crippen LogP contribution in [0.3, 0.4) is 0 Å². The van der Waals surface area contributed by atoms with E-state index in [4.69, 9.17) is 4.55 Å². The summed E-state index contributed by atoms with van der Waals surface area (Å²) in [5.74, 6) is -0.0567. The topological polar surface area (TPSA) is 107 Å². The van der Waals surface area contributed by atoms with Gasteiger partial charge in [-0.2, -0.15) is 13.5 Å². The van der Waals surface area contributed by atoms with Crippen LogP contribution in [0.4, 0.5) is 4.79 Å². The minimum Gasteiger partial charge on any atom is -0.338 e. The van der Waals surface area contributed by atoms with Crippen molar-refractivity contribution in [1.82, 2.24) is 14.9 Å². The maximum atomic E-state index is 12.5. The number of amides is 3. The molecule has 3 unspecified atom stereocenters. The minimum absolute atomic E-state index is 0.00389. The second kappa shape index (κ2) is 4.08. The van der Waals surface area contributed by atoms with Gasteiger partial charge in [0.05, 0.1) is 6.04 Å². The fourth-order valence-corrected chi connectivity index (χ4v) is 4.12. The van der Waals surface area contributed by atoms with Gasteiger partial charge < -0.3 is 9.80 Å². The van der Waals surface area contributed by atoms with Gasteiger partial charge in [0.15, 0.2) is 0 Å². The van der Waals surface area contributed by atoms with Crippen LogP contribution < -0.4 is 0 Å². The first-order valence-corrected chi connectivity index (χ1v) is 8.29. The van der Waals surface area contributed by atoms with Crippen LogP contribution in [0.2, 0.25) is 0 Å². The van der Waals surface area contributed by atoms with Gasteiger partial charge in [0, 0.05) is 25.0 Å². The van der Waals surface area contributed by atoms with Crippen molar-refractivity contribution in [2.24, 2.45) is 5.92 Å². The van der Waals surface area contributed by atoms with Crippen LogP contribution in [0.15, 0.2) is 0 Å². The van der Waals surface area contributed by atoms with Gasteiger partial charge in [-0.15, -0.1) is 4.28 Å². The van der Waals surface area contributed by atoms with Crippen LogP contribution in [-0.4, -0.2) is 71.0 Å². The van der Waals surface area contributed by atoms with E-state index in [1.807, 2.05) is 4.90 Å². The molecule has 1 saturated carbocycles. The van der Waals surface area contributed by atoms with Crippen LogP contribution in [0, 0.1) is 5.92 Å². The summed E-state index contributed by atoms with van der Waals surface area (Å²) in [4.78, 5) is 27.9. The molecule has 0 aromatic heterocycles. The van der Waals surface area contributed by atoms with Gasteiger partial charge in [0.1, 0.15) is 6.04 Å². The van der Waals surface area contributed by atoms with Crippen molar-refractivity contribution in [2.45, 2.75) is 37.4 Å². The molecule has 21 heavy (non-hydrogen) atoms. The number of hydrogen-bond donors (Lipinski definition) is 1. The molecule has 4 rings (SSSR count).